The van der Waals surface area contributed by atoms with Gasteiger partial charge < -0.3 is 14.5 Å². The largest absolute Gasteiger partial charge is 0.487 e. The summed E-state index contributed by atoms with van der Waals surface area (Å²) in [5.41, 5.74) is 3.33. The van der Waals surface area contributed by atoms with Gasteiger partial charge in [0.15, 0.2) is 0 Å². The summed E-state index contributed by atoms with van der Waals surface area (Å²) in [4.78, 5) is 17.0. The number of imidazole rings is 1. The molecule has 28 heavy (non-hydrogen) atoms. The number of hydrogen-bond donors (Lipinski definition) is 1. The molecule has 5 nitrogen and oxygen atoms in total. The second-order valence-electron chi connectivity index (χ2n) is 6.43. The number of amides is 1. The van der Waals surface area contributed by atoms with Crippen LogP contribution in [0, 0.1) is 12.7 Å². The summed E-state index contributed by atoms with van der Waals surface area (Å²) in [5, 5.41) is 2.80. The Labute approximate surface area is 161 Å². The molecule has 6 heteroatoms. The van der Waals surface area contributed by atoms with E-state index < -0.39 is 0 Å². The van der Waals surface area contributed by atoms with Gasteiger partial charge in [-0.15, -0.1) is 0 Å². The van der Waals surface area contributed by atoms with Crippen LogP contribution >= 0.6 is 0 Å². The highest BCUT2D eigenvalue weighted by Crippen LogP contribution is 2.19. The fraction of sp³-hybridized carbons (Fsp3) is 0.0909. The van der Waals surface area contributed by atoms with E-state index in [-0.39, 0.29) is 11.7 Å². The standard InChI is InChI=1S/C22H18FN3O2/c1-15-11-17(23)8-9-20(15)25-22(27)16-5-4-6-19(12-16)28-14-18-13-26-10-3-2-7-21(26)24-18/h2-13H,14H2,1H3,(H,25,27). The fourth-order valence-electron chi connectivity index (χ4n) is 2.90. The molecule has 0 saturated heterocycles. The fourth-order valence-corrected chi connectivity index (χ4v) is 2.90. The lowest BCUT2D eigenvalue weighted by atomic mass is 10.1. The number of rotatable bonds is 5. The Balaban J connectivity index is 1.45. The lowest BCUT2D eigenvalue weighted by Gasteiger charge is -2.10. The van der Waals surface area contributed by atoms with Crippen LogP contribution in [0.1, 0.15) is 21.6 Å². The van der Waals surface area contributed by atoms with Crippen molar-refractivity contribution in [3.63, 3.8) is 0 Å². The SMILES string of the molecule is Cc1cc(F)ccc1NC(=O)c1cccc(OCc2cn3ccccc3n2)c1. The number of anilines is 1. The normalized spacial score (nSPS) is 10.8. The first-order valence-electron chi connectivity index (χ1n) is 8.81. The number of carbonyl (C=O) groups is 1. The van der Waals surface area contributed by atoms with Crippen molar-refractivity contribution in [1.29, 1.82) is 0 Å². The molecule has 0 saturated carbocycles. The minimum absolute atomic E-state index is 0.284. The van der Waals surface area contributed by atoms with E-state index in [1.54, 1.807) is 37.3 Å². The van der Waals surface area contributed by atoms with Crippen LogP contribution in [-0.4, -0.2) is 15.3 Å². The summed E-state index contributed by atoms with van der Waals surface area (Å²) in [5.74, 6) is -0.0498. The molecule has 0 aliphatic carbocycles. The van der Waals surface area contributed by atoms with Gasteiger partial charge in [-0.25, -0.2) is 9.37 Å². The summed E-state index contributed by atoms with van der Waals surface area (Å²) in [6.45, 7) is 2.04. The average molecular weight is 375 g/mol. The van der Waals surface area contributed by atoms with E-state index in [4.69, 9.17) is 4.74 Å². The highest BCUT2D eigenvalue weighted by Gasteiger charge is 2.10. The zero-order chi connectivity index (χ0) is 19.5. The third-order valence-electron chi connectivity index (χ3n) is 4.33. The number of benzene rings is 2. The van der Waals surface area contributed by atoms with Crippen molar-refractivity contribution in [3.05, 3.63) is 95.7 Å². The van der Waals surface area contributed by atoms with Crippen molar-refractivity contribution < 1.29 is 13.9 Å². The molecule has 0 aliphatic heterocycles. The number of pyridine rings is 1. The summed E-state index contributed by atoms with van der Waals surface area (Å²) in [7, 11) is 0. The van der Waals surface area contributed by atoms with E-state index in [1.807, 2.05) is 35.0 Å². The third kappa shape index (κ3) is 3.86. The monoisotopic (exact) mass is 375 g/mol. The van der Waals surface area contributed by atoms with Gasteiger partial charge in [0.2, 0.25) is 0 Å². The molecular formula is C22H18FN3O2. The van der Waals surface area contributed by atoms with Gasteiger partial charge >= 0.3 is 0 Å². The molecule has 140 valence electrons. The van der Waals surface area contributed by atoms with E-state index in [0.717, 1.165) is 11.3 Å². The number of nitrogens with zero attached hydrogens (tertiary/aromatic N) is 2. The highest BCUT2D eigenvalue weighted by molar-refractivity contribution is 6.04. The summed E-state index contributed by atoms with van der Waals surface area (Å²) >= 11 is 0. The number of halogens is 1. The molecule has 2 aromatic carbocycles. The average Bonchev–Trinajstić information content (AvgIpc) is 3.12. The van der Waals surface area contributed by atoms with Crippen molar-refractivity contribution in [2.75, 3.05) is 5.32 Å². The van der Waals surface area contributed by atoms with Gasteiger partial charge in [-0.1, -0.05) is 12.1 Å². The number of hydrogen-bond acceptors (Lipinski definition) is 3. The van der Waals surface area contributed by atoms with Gasteiger partial charge in [0.25, 0.3) is 5.91 Å². The van der Waals surface area contributed by atoms with E-state index in [9.17, 15) is 9.18 Å². The predicted molar refractivity (Wildman–Crippen MR) is 105 cm³/mol. The number of aromatic nitrogens is 2. The molecule has 2 aromatic heterocycles. The molecule has 2 heterocycles. The molecule has 0 fully saturated rings. The lowest BCUT2D eigenvalue weighted by molar-refractivity contribution is 0.102. The Bertz CT molecular complexity index is 1120. The van der Waals surface area contributed by atoms with Crippen molar-refractivity contribution in [2.24, 2.45) is 0 Å². The summed E-state index contributed by atoms with van der Waals surface area (Å²) < 4.78 is 20.9. The second-order valence-corrected chi connectivity index (χ2v) is 6.43. The van der Waals surface area contributed by atoms with Crippen LogP contribution in [-0.2, 0) is 6.61 Å². The molecular weight excluding hydrogens is 357 g/mol. The maximum atomic E-state index is 13.2. The lowest BCUT2D eigenvalue weighted by Crippen LogP contribution is -2.13. The van der Waals surface area contributed by atoms with Crippen molar-refractivity contribution in [1.82, 2.24) is 9.38 Å². The molecule has 0 bridgehead atoms. The van der Waals surface area contributed by atoms with Crippen LogP contribution in [0.3, 0.4) is 0 Å². The first-order chi connectivity index (χ1) is 13.6. The molecule has 0 atom stereocenters. The number of aryl methyl sites for hydroxylation is 1. The van der Waals surface area contributed by atoms with Gasteiger partial charge in [0.1, 0.15) is 23.8 Å². The molecule has 4 rings (SSSR count). The zero-order valence-electron chi connectivity index (χ0n) is 15.2. The Morgan fingerprint density at radius 3 is 2.86 bits per heavy atom. The zero-order valence-corrected chi connectivity index (χ0v) is 15.2. The number of ether oxygens (including phenoxy) is 1. The van der Waals surface area contributed by atoms with Crippen LogP contribution in [0.2, 0.25) is 0 Å². The second kappa shape index (κ2) is 7.52. The smallest absolute Gasteiger partial charge is 0.255 e. The minimum atomic E-state index is -0.335. The predicted octanol–water partition coefficient (Wildman–Crippen LogP) is 4.61. The maximum Gasteiger partial charge on any atom is 0.255 e. The minimum Gasteiger partial charge on any atom is -0.487 e. The van der Waals surface area contributed by atoms with Crippen molar-refractivity contribution in [2.45, 2.75) is 13.5 Å². The first kappa shape index (κ1) is 17.7. The molecule has 4 aromatic rings. The number of fused-ring (bicyclic) bond motifs is 1. The molecule has 1 amide bonds. The molecule has 0 radical (unpaired) electrons. The van der Waals surface area contributed by atoms with E-state index in [0.29, 0.717) is 29.2 Å². The number of carbonyl (C=O) groups excluding carboxylic acids is 1. The summed E-state index contributed by atoms with van der Waals surface area (Å²) in [6, 6.07) is 16.9. The topological polar surface area (TPSA) is 55.6 Å². The molecule has 0 spiro atoms. The molecule has 1 N–H and O–H groups in total. The van der Waals surface area contributed by atoms with Crippen LogP contribution in [0.5, 0.6) is 5.75 Å². The Kier molecular flexibility index (Phi) is 4.76. The number of nitrogens with one attached hydrogen (secondary N) is 1. The first-order valence-corrected chi connectivity index (χ1v) is 8.81. The van der Waals surface area contributed by atoms with Crippen molar-refractivity contribution in [3.8, 4) is 5.75 Å². The van der Waals surface area contributed by atoms with Gasteiger partial charge in [-0.05, 0) is 61.0 Å². The van der Waals surface area contributed by atoms with Crippen molar-refractivity contribution >= 4 is 17.2 Å². The highest BCUT2D eigenvalue weighted by atomic mass is 19.1. The van der Waals surface area contributed by atoms with E-state index >= 15 is 0 Å². The van der Waals surface area contributed by atoms with E-state index in [2.05, 4.69) is 10.3 Å². The molecule has 0 aliphatic rings. The van der Waals surface area contributed by atoms with Crippen LogP contribution in [0.25, 0.3) is 5.65 Å². The van der Waals surface area contributed by atoms with Gasteiger partial charge in [-0.3, -0.25) is 4.79 Å². The van der Waals surface area contributed by atoms with Crippen LogP contribution in [0.4, 0.5) is 10.1 Å². The molecule has 0 unspecified atom stereocenters. The van der Waals surface area contributed by atoms with Gasteiger partial charge in [0, 0.05) is 23.6 Å². The Hall–Kier alpha value is -3.67. The van der Waals surface area contributed by atoms with Gasteiger partial charge in [-0.2, -0.15) is 0 Å². The van der Waals surface area contributed by atoms with Crippen LogP contribution in [0.15, 0.2) is 73.1 Å². The Morgan fingerprint density at radius 2 is 2.04 bits per heavy atom. The van der Waals surface area contributed by atoms with Crippen LogP contribution < -0.4 is 10.1 Å². The van der Waals surface area contributed by atoms with Gasteiger partial charge in [0.05, 0.1) is 5.69 Å². The summed E-state index contributed by atoms with van der Waals surface area (Å²) in [6.07, 6.45) is 3.83. The third-order valence-corrected chi connectivity index (χ3v) is 4.33. The maximum absolute atomic E-state index is 13.2. The van der Waals surface area contributed by atoms with E-state index in [1.165, 1.54) is 12.1 Å². The Morgan fingerprint density at radius 1 is 1.14 bits per heavy atom. The quantitative estimate of drug-likeness (QED) is 0.554.